The molecule has 1 saturated heterocycles. The van der Waals surface area contributed by atoms with Crippen molar-refractivity contribution < 1.29 is 4.39 Å². The summed E-state index contributed by atoms with van der Waals surface area (Å²) in [5, 5.41) is 0. The van der Waals surface area contributed by atoms with Gasteiger partial charge in [-0.05, 0) is 30.9 Å². The molecular weight excluding hydrogens is 203 g/mol. The van der Waals surface area contributed by atoms with Crippen LogP contribution in [0.15, 0.2) is 18.2 Å². The molecule has 88 valence electrons. The van der Waals surface area contributed by atoms with Gasteiger partial charge in [-0.1, -0.05) is 19.1 Å². The van der Waals surface area contributed by atoms with Gasteiger partial charge in [0.05, 0.1) is 5.69 Å². The van der Waals surface area contributed by atoms with Gasteiger partial charge in [0.2, 0.25) is 0 Å². The van der Waals surface area contributed by atoms with Gasteiger partial charge in [-0.15, -0.1) is 0 Å². The summed E-state index contributed by atoms with van der Waals surface area (Å²) in [4.78, 5) is 2.12. The molecule has 0 amide bonds. The van der Waals surface area contributed by atoms with Gasteiger partial charge in [0.1, 0.15) is 5.82 Å². The van der Waals surface area contributed by atoms with E-state index in [0.29, 0.717) is 11.6 Å². The molecule has 1 unspecified atom stereocenters. The van der Waals surface area contributed by atoms with Crippen LogP contribution >= 0.6 is 0 Å². The summed E-state index contributed by atoms with van der Waals surface area (Å²) >= 11 is 0. The number of halogens is 1. The highest BCUT2D eigenvalue weighted by Crippen LogP contribution is 2.32. The Balaban J connectivity index is 2.38. The van der Waals surface area contributed by atoms with Crippen molar-refractivity contribution in [2.75, 3.05) is 18.0 Å². The molecule has 0 aliphatic carbocycles. The van der Waals surface area contributed by atoms with Gasteiger partial charge >= 0.3 is 0 Å². The van der Waals surface area contributed by atoms with E-state index in [4.69, 9.17) is 5.73 Å². The third kappa shape index (κ3) is 2.05. The van der Waals surface area contributed by atoms with E-state index in [1.54, 1.807) is 6.07 Å². The molecule has 0 saturated carbocycles. The van der Waals surface area contributed by atoms with E-state index in [2.05, 4.69) is 11.8 Å². The first kappa shape index (κ1) is 11.4. The van der Waals surface area contributed by atoms with Crippen molar-refractivity contribution in [1.82, 2.24) is 0 Å². The van der Waals surface area contributed by atoms with Gasteiger partial charge in [0, 0.05) is 19.1 Å². The van der Waals surface area contributed by atoms with E-state index in [-0.39, 0.29) is 11.9 Å². The summed E-state index contributed by atoms with van der Waals surface area (Å²) in [7, 11) is 0. The van der Waals surface area contributed by atoms with Gasteiger partial charge < -0.3 is 10.6 Å². The second-order valence-electron chi connectivity index (χ2n) is 4.81. The summed E-state index contributed by atoms with van der Waals surface area (Å²) < 4.78 is 13.9. The van der Waals surface area contributed by atoms with Crippen molar-refractivity contribution in [3.05, 3.63) is 29.6 Å². The minimum absolute atomic E-state index is 0.124. The average Bonchev–Trinajstić information content (AvgIpc) is 2.64. The Morgan fingerprint density at radius 1 is 1.50 bits per heavy atom. The van der Waals surface area contributed by atoms with Gasteiger partial charge in [0.15, 0.2) is 0 Å². The lowest BCUT2D eigenvalue weighted by Gasteiger charge is -2.24. The van der Waals surface area contributed by atoms with Crippen molar-refractivity contribution in [3.63, 3.8) is 0 Å². The fraction of sp³-hybridized carbons (Fsp3) is 0.538. The molecule has 2 nitrogen and oxygen atoms in total. The quantitative estimate of drug-likeness (QED) is 0.833. The lowest BCUT2D eigenvalue weighted by molar-refractivity contribution is 0.613. The van der Waals surface area contributed by atoms with Crippen LogP contribution in [0, 0.1) is 11.7 Å². The first-order chi connectivity index (χ1) is 7.59. The summed E-state index contributed by atoms with van der Waals surface area (Å²) in [6.07, 6.45) is 1.13. The zero-order valence-electron chi connectivity index (χ0n) is 9.91. The van der Waals surface area contributed by atoms with Crippen LogP contribution in [0.4, 0.5) is 10.1 Å². The number of hydrogen-bond donors (Lipinski definition) is 1. The molecule has 2 N–H and O–H groups in total. The highest BCUT2D eigenvalue weighted by molar-refractivity contribution is 5.56. The third-order valence-corrected chi connectivity index (χ3v) is 3.25. The Hall–Kier alpha value is -1.09. The van der Waals surface area contributed by atoms with E-state index < -0.39 is 0 Å². The molecule has 1 aliphatic rings. The lowest BCUT2D eigenvalue weighted by atomic mass is 10.1. The minimum atomic E-state index is -0.149. The molecule has 1 heterocycles. The van der Waals surface area contributed by atoms with Crippen LogP contribution in [-0.4, -0.2) is 13.1 Å². The predicted molar refractivity (Wildman–Crippen MR) is 65.0 cm³/mol. The van der Waals surface area contributed by atoms with Crippen LogP contribution in [0.2, 0.25) is 0 Å². The van der Waals surface area contributed by atoms with Gasteiger partial charge in [-0.3, -0.25) is 0 Å². The Morgan fingerprint density at radius 2 is 2.25 bits per heavy atom. The topological polar surface area (TPSA) is 29.3 Å². The standard InChI is InChI=1S/C13H19FN2/c1-9-6-7-16(8-9)13-11(10(2)15)4-3-5-12(13)14/h3-5,9-10H,6-8,15H2,1-2H3/t9?,10-/m1/s1. The van der Waals surface area contributed by atoms with Gasteiger partial charge in [-0.25, -0.2) is 4.39 Å². The monoisotopic (exact) mass is 222 g/mol. The van der Waals surface area contributed by atoms with Crippen molar-refractivity contribution in [2.45, 2.75) is 26.3 Å². The van der Waals surface area contributed by atoms with Crippen LogP contribution in [0.25, 0.3) is 0 Å². The number of rotatable bonds is 2. The molecule has 0 spiro atoms. The maximum Gasteiger partial charge on any atom is 0.146 e. The number of benzene rings is 1. The van der Waals surface area contributed by atoms with Crippen molar-refractivity contribution in [1.29, 1.82) is 0 Å². The summed E-state index contributed by atoms with van der Waals surface area (Å²) in [5.41, 5.74) is 7.51. The second kappa shape index (κ2) is 4.42. The molecule has 1 aromatic carbocycles. The van der Waals surface area contributed by atoms with Crippen LogP contribution < -0.4 is 10.6 Å². The van der Waals surface area contributed by atoms with E-state index in [1.165, 1.54) is 6.07 Å². The lowest BCUT2D eigenvalue weighted by Crippen LogP contribution is -2.23. The molecule has 1 fully saturated rings. The number of para-hydroxylation sites is 1. The second-order valence-corrected chi connectivity index (χ2v) is 4.81. The minimum Gasteiger partial charge on any atom is -0.369 e. The Bertz CT molecular complexity index is 376. The molecule has 1 aliphatic heterocycles. The molecule has 3 heteroatoms. The largest absolute Gasteiger partial charge is 0.369 e. The third-order valence-electron chi connectivity index (χ3n) is 3.25. The summed E-state index contributed by atoms with van der Waals surface area (Å²) in [5.74, 6) is 0.490. The van der Waals surface area contributed by atoms with Crippen molar-refractivity contribution in [3.8, 4) is 0 Å². The van der Waals surface area contributed by atoms with E-state index >= 15 is 0 Å². The fourth-order valence-corrected chi connectivity index (χ4v) is 2.37. The molecular formula is C13H19FN2. The van der Waals surface area contributed by atoms with Crippen molar-refractivity contribution >= 4 is 5.69 Å². The number of anilines is 1. The first-order valence-electron chi connectivity index (χ1n) is 5.88. The number of nitrogens with zero attached hydrogens (tertiary/aromatic N) is 1. The normalized spacial score (nSPS) is 22.5. The van der Waals surface area contributed by atoms with E-state index in [0.717, 1.165) is 25.1 Å². The molecule has 2 rings (SSSR count). The van der Waals surface area contributed by atoms with Gasteiger partial charge in [-0.2, -0.15) is 0 Å². The van der Waals surface area contributed by atoms with Crippen LogP contribution in [0.5, 0.6) is 0 Å². The molecule has 0 bridgehead atoms. The van der Waals surface area contributed by atoms with Gasteiger partial charge in [0.25, 0.3) is 0 Å². The maximum atomic E-state index is 13.9. The fourth-order valence-electron chi connectivity index (χ4n) is 2.37. The molecule has 0 aromatic heterocycles. The Kier molecular flexibility index (Phi) is 3.15. The maximum absolute atomic E-state index is 13.9. The number of nitrogens with two attached hydrogens (primary N) is 1. The Labute approximate surface area is 96.2 Å². The zero-order chi connectivity index (χ0) is 11.7. The smallest absolute Gasteiger partial charge is 0.146 e. The first-order valence-corrected chi connectivity index (χ1v) is 5.88. The SMILES string of the molecule is CC1CCN(c2c(F)cccc2[C@@H](C)N)C1. The molecule has 0 radical (unpaired) electrons. The van der Waals surface area contributed by atoms with Crippen molar-refractivity contribution in [2.24, 2.45) is 11.7 Å². The summed E-state index contributed by atoms with van der Waals surface area (Å²) in [6, 6.07) is 5.05. The summed E-state index contributed by atoms with van der Waals surface area (Å²) in [6.45, 7) is 5.96. The Morgan fingerprint density at radius 3 is 2.81 bits per heavy atom. The highest BCUT2D eigenvalue weighted by Gasteiger charge is 2.24. The van der Waals surface area contributed by atoms with E-state index in [9.17, 15) is 4.39 Å². The highest BCUT2D eigenvalue weighted by atomic mass is 19.1. The zero-order valence-corrected chi connectivity index (χ0v) is 9.91. The molecule has 16 heavy (non-hydrogen) atoms. The predicted octanol–water partition coefficient (Wildman–Crippen LogP) is 2.69. The van der Waals surface area contributed by atoms with Crippen LogP contribution in [0.3, 0.4) is 0 Å². The van der Waals surface area contributed by atoms with Crippen LogP contribution in [0.1, 0.15) is 31.9 Å². The average molecular weight is 222 g/mol. The van der Waals surface area contributed by atoms with Crippen LogP contribution in [-0.2, 0) is 0 Å². The molecule has 2 atom stereocenters. The molecule has 1 aromatic rings. The number of hydrogen-bond acceptors (Lipinski definition) is 2. The van der Waals surface area contributed by atoms with E-state index in [1.807, 2.05) is 13.0 Å².